The van der Waals surface area contributed by atoms with Crippen LogP contribution in [0.15, 0.2) is 24.3 Å². The molecule has 0 spiro atoms. The summed E-state index contributed by atoms with van der Waals surface area (Å²) in [4.78, 5) is 20.3. The molecule has 0 amide bonds. The average molecular weight is 225 g/mol. The summed E-state index contributed by atoms with van der Waals surface area (Å²) in [6, 6.07) is 5.77. The Balaban J connectivity index is 2.56. The monoisotopic (exact) mass is 225 g/mol. The lowest BCUT2D eigenvalue weighted by molar-refractivity contribution is -0.384. The first-order valence-corrected chi connectivity index (χ1v) is 4.58. The molecule has 1 unspecified atom stereocenters. The molecular formula is C10H11NO5. The summed E-state index contributed by atoms with van der Waals surface area (Å²) >= 11 is 0. The lowest BCUT2D eigenvalue weighted by atomic mass is 10.2. The molecule has 0 aromatic heterocycles. The lowest BCUT2D eigenvalue weighted by Crippen LogP contribution is -2.19. The normalized spacial score (nSPS) is 12.1. The highest BCUT2D eigenvalue weighted by Crippen LogP contribution is 2.12. The summed E-state index contributed by atoms with van der Waals surface area (Å²) in [5.41, 5.74) is 0.689. The number of benzene rings is 1. The summed E-state index contributed by atoms with van der Waals surface area (Å²) < 4.78 is 5.02. The van der Waals surface area contributed by atoms with E-state index >= 15 is 0 Å². The van der Waals surface area contributed by atoms with Crippen LogP contribution in [0.4, 0.5) is 5.69 Å². The SMILES string of the molecule is CC(OCc1ccc([N+](=O)[O-])cc1)C(=O)O. The van der Waals surface area contributed by atoms with E-state index in [2.05, 4.69) is 0 Å². The van der Waals surface area contributed by atoms with Crippen LogP contribution in [0.2, 0.25) is 0 Å². The molecule has 0 saturated heterocycles. The fourth-order valence-electron chi connectivity index (χ4n) is 1.01. The van der Waals surface area contributed by atoms with Crippen LogP contribution >= 0.6 is 0 Å². The predicted molar refractivity (Wildman–Crippen MR) is 55.0 cm³/mol. The molecule has 0 radical (unpaired) electrons. The fraction of sp³-hybridized carbons (Fsp3) is 0.300. The number of aliphatic carboxylic acids is 1. The van der Waals surface area contributed by atoms with E-state index in [1.54, 1.807) is 0 Å². The molecule has 1 rings (SSSR count). The smallest absolute Gasteiger partial charge is 0.332 e. The molecule has 0 fully saturated rings. The molecule has 0 heterocycles. The molecule has 1 aromatic carbocycles. The summed E-state index contributed by atoms with van der Waals surface area (Å²) in [7, 11) is 0. The van der Waals surface area contributed by atoms with E-state index in [-0.39, 0.29) is 12.3 Å². The average Bonchev–Trinajstić information content (AvgIpc) is 2.26. The van der Waals surface area contributed by atoms with Crippen LogP contribution < -0.4 is 0 Å². The summed E-state index contributed by atoms with van der Waals surface area (Å²) in [5.74, 6) is -1.04. The molecule has 0 bridgehead atoms. The predicted octanol–water partition coefficient (Wildman–Crippen LogP) is 1.58. The van der Waals surface area contributed by atoms with Crippen molar-refractivity contribution in [1.82, 2.24) is 0 Å². The Kier molecular flexibility index (Phi) is 3.96. The Bertz CT molecular complexity index is 387. The zero-order valence-electron chi connectivity index (χ0n) is 8.62. The quantitative estimate of drug-likeness (QED) is 0.607. The van der Waals surface area contributed by atoms with Crippen LogP contribution in [-0.2, 0) is 16.1 Å². The van der Waals surface area contributed by atoms with Gasteiger partial charge in [0.25, 0.3) is 5.69 Å². The largest absolute Gasteiger partial charge is 0.479 e. The van der Waals surface area contributed by atoms with Gasteiger partial charge in [0, 0.05) is 12.1 Å². The van der Waals surface area contributed by atoms with Crippen LogP contribution in [0, 0.1) is 10.1 Å². The maximum atomic E-state index is 10.4. The number of nitro benzene ring substituents is 1. The number of carboxylic acids is 1. The second-order valence-electron chi connectivity index (χ2n) is 3.22. The van der Waals surface area contributed by atoms with Gasteiger partial charge in [0.05, 0.1) is 11.5 Å². The van der Waals surface area contributed by atoms with Gasteiger partial charge in [0.15, 0.2) is 6.10 Å². The van der Waals surface area contributed by atoms with Crippen molar-refractivity contribution in [3.8, 4) is 0 Å². The Labute approximate surface area is 91.6 Å². The summed E-state index contributed by atoms with van der Waals surface area (Å²) in [6.07, 6.45) is -0.893. The van der Waals surface area contributed by atoms with E-state index in [9.17, 15) is 14.9 Å². The van der Waals surface area contributed by atoms with Gasteiger partial charge in [-0.2, -0.15) is 0 Å². The topological polar surface area (TPSA) is 89.7 Å². The zero-order valence-corrected chi connectivity index (χ0v) is 8.62. The molecule has 0 aliphatic carbocycles. The number of nitrogens with zero attached hydrogens (tertiary/aromatic N) is 1. The number of hydrogen-bond acceptors (Lipinski definition) is 4. The van der Waals surface area contributed by atoms with E-state index in [1.807, 2.05) is 0 Å². The van der Waals surface area contributed by atoms with Gasteiger partial charge >= 0.3 is 5.97 Å². The van der Waals surface area contributed by atoms with E-state index in [0.29, 0.717) is 5.56 Å². The molecular weight excluding hydrogens is 214 g/mol. The van der Waals surface area contributed by atoms with Crippen LogP contribution in [0.3, 0.4) is 0 Å². The van der Waals surface area contributed by atoms with E-state index in [1.165, 1.54) is 31.2 Å². The number of carboxylic acid groups (broad SMARTS) is 1. The second-order valence-corrected chi connectivity index (χ2v) is 3.22. The van der Waals surface area contributed by atoms with Crippen molar-refractivity contribution < 1.29 is 19.6 Å². The van der Waals surface area contributed by atoms with Gasteiger partial charge in [-0.3, -0.25) is 10.1 Å². The molecule has 0 saturated carbocycles. The lowest BCUT2D eigenvalue weighted by Gasteiger charge is -2.07. The van der Waals surface area contributed by atoms with Crippen LogP contribution in [0.25, 0.3) is 0 Å². The summed E-state index contributed by atoms with van der Waals surface area (Å²) in [5, 5.41) is 18.9. The van der Waals surface area contributed by atoms with Gasteiger partial charge in [0.2, 0.25) is 0 Å². The van der Waals surface area contributed by atoms with Gasteiger partial charge in [-0.15, -0.1) is 0 Å². The number of ether oxygens (including phenoxy) is 1. The first kappa shape index (κ1) is 12.1. The van der Waals surface area contributed by atoms with Gasteiger partial charge in [-0.25, -0.2) is 4.79 Å². The number of non-ortho nitro benzene ring substituents is 1. The van der Waals surface area contributed by atoms with Crippen molar-refractivity contribution in [2.75, 3.05) is 0 Å². The highest BCUT2D eigenvalue weighted by Gasteiger charge is 2.11. The first-order valence-electron chi connectivity index (χ1n) is 4.58. The van der Waals surface area contributed by atoms with Crippen molar-refractivity contribution in [3.05, 3.63) is 39.9 Å². The molecule has 0 aliphatic rings. The van der Waals surface area contributed by atoms with Crippen LogP contribution in [-0.4, -0.2) is 22.1 Å². The van der Waals surface area contributed by atoms with Crippen LogP contribution in [0.1, 0.15) is 12.5 Å². The van der Waals surface area contributed by atoms with Crippen LogP contribution in [0.5, 0.6) is 0 Å². The minimum absolute atomic E-state index is 0.00460. The van der Waals surface area contributed by atoms with Gasteiger partial charge < -0.3 is 9.84 Å². The molecule has 86 valence electrons. The first-order chi connectivity index (χ1) is 7.50. The number of hydrogen-bond donors (Lipinski definition) is 1. The van der Waals surface area contributed by atoms with Crippen molar-refractivity contribution in [3.63, 3.8) is 0 Å². The van der Waals surface area contributed by atoms with E-state index in [4.69, 9.17) is 9.84 Å². The van der Waals surface area contributed by atoms with Crippen molar-refractivity contribution in [2.24, 2.45) is 0 Å². The highest BCUT2D eigenvalue weighted by atomic mass is 16.6. The minimum atomic E-state index is -1.04. The maximum Gasteiger partial charge on any atom is 0.332 e. The number of nitro groups is 1. The minimum Gasteiger partial charge on any atom is -0.479 e. The Morgan fingerprint density at radius 3 is 2.50 bits per heavy atom. The van der Waals surface area contributed by atoms with Crippen molar-refractivity contribution in [2.45, 2.75) is 19.6 Å². The Morgan fingerprint density at radius 2 is 2.06 bits per heavy atom. The van der Waals surface area contributed by atoms with Crippen molar-refractivity contribution >= 4 is 11.7 Å². The third-order valence-electron chi connectivity index (χ3n) is 1.99. The molecule has 6 nitrogen and oxygen atoms in total. The third-order valence-corrected chi connectivity index (χ3v) is 1.99. The highest BCUT2D eigenvalue weighted by molar-refractivity contribution is 5.71. The molecule has 16 heavy (non-hydrogen) atoms. The fourth-order valence-corrected chi connectivity index (χ4v) is 1.01. The second kappa shape index (κ2) is 5.22. The molecule has 1 atom stereocenters. The van der Waals surface area contributed by atoms with Gasteiger partial charge in [0.1, 0.15) is 0 Å². The molecule has 0 aliphatic heterocycles. The van der Waals surface area contributed by atoms with Gasteiger partial charge in [-0.05, 0) is 24.6 Å². The number of rotatable bonds is 5. The zero-order chi connectivity index (χ0) is 12.1. The standard InChI is InChI=1S/C10H11NO5/c1-7(10(12)13)16-6-8-2-4-9(5-3-8)11(14)15/h2-5,7H,6H2,1H3,(H,12,13). The third kappa shape index (κ3) is 3.32. The maximum absolute atomic E-state index is 10.4. The Hall–Kier alpha value is -1.95. The van der Waals surface area contributed by atoms with E-state index in [0.717, 1.165) is 0 Å². The molecule has 1 N–H and O–H groups in total. The molecule has 1 aromatic rings. The Morgan fingerprint density at radius 1 is 1.50 bits per heavy atom. The van der Waals surface area contributed by atoms with Crippen molar-refractivity contribution in [1.29, 1.82) is 0 Å². The number of carbonyl (C=O) groups is 1. The summed E-state index contributed by atoms with van der Waals surface area (Å²) in [6.45, 7) is 1.54. The van der Waals surface area contributed by atoms with E-state index < -0.39 is 17.0 Å². The van der Waals surface area contributed by atoms with Gasteiger partial charge in [-0.1, -0.05) is 0 Å². The molecule has 6 heteroatoms.